The molecule has 1 heterocycles. The van der Waals surface area contributed by atoms with Gasteiger partial charge in [-0.15, -0.1) is 0 Å². The Kier molecular flexibility index (Phi) is 5.89. The van der Waals surface area contributed by atoms with Crippen molar-refractivity contribution in [3.8, 4) is 11.8 Å². The summed E-state index contributed by atoms with van der Waals surface area (Å²) in [6, 6.07) is 3.55. The van der Waals surface area contributed by atoms with Crippen LogP contribution in [0, 0.1) is 11.8 Å². The van der Waals surface area contributed by atoms with Crippen LogP contribution in [0.2, 0.25) is 0 Å². The first kappa shape index (κ1) is 14.2. The van der Waals surface area contributed by atoms with E-state index in [1.54, 1.807) is 12.1 Å². The van der Waals surface area contributed by atoms with E-state index in [1.165, 1.54) is 6.20 Å². The molecule has 0 saturated carbocycles. The Morgan fingerprint density at radius 3 is 2.67 bits per heavy atom. The summed E-state index contributed by atoms with van der Waals surface area (Å²) in [6.07, 6.45) is 3.34. The van der Waals surface area contributed by atoms with Crippen molar-refractivity contribution in [3.63, 3.8) is 0 Å². The number of pyridine rings is 1. The number of amides is 1. The summed E-state index contributed by atoms with van der Waals surface area (Å²) in [5, 5.41) is 11.5. The smallest absolute Gasteiger partial charge is 0.270 e. The molecule has 1 amide bonds. The van der Waals surface area contributed by atoms with Gasteiger partial charge < -0.3 is 10.4 Å². The molecule has 2 N–H and O–H groups in total. The molecule has 0 radical (unpaired) electrons. The molecule has 1 aromatic heterocycles. The zero-order valence-corrected chi connectivity index (χ0v) is 10.7. The van der Waals surface area contributed by atoms with Crippen molar-refractivity contribution in [2.24, 2.45) is 0 Å². The second-order valence-electron chi connectivity index (χ2n) is 3.88. The summed E-state index contributed by atoms with van der Waals surface area (Å²) in [5.41, 5.74) is 1.07. The molecule has 18 heavy (non-hydrogen) atoms. The second-order valence-corrected chi connectivity index (χ2v) is 3.88. The highest BCUT2D eigenvalue weighted by molar-refractivity contribution is 5.92. The molecule has 0 saturated heterocycles. The third-order valence-corrected chi connectivity index (χ3v) is 2.63. The third kappa shape index (κ3) is 4.19. The van der Waals surface area contributed by atoms with Crippen LogP contribution in [-0.2, 0) is 0 Å². The summed E-state index contributed by atoms with van der Waals surface area (Å²) in [4.78, 5) is 15.9. The molecule has 0 aliphatic rings. The van der Waals surface area contributed by atoms with Crippen LogP contribution in [0.25, 0.3) is 0 Å². The minimum absolute atomic E-state index is 0.162. The van der Waals surface area contributed by atoms with Gasteiger partial charge in [-0.25, -0.2) is 4.98 Å². The molecule has 1 rings (SSSR count). The first-order valence-corrected chi connectivity index (χ1v) is 6.07. The fourth-order valence-corrected chi connectivity index (χ4v) is 1.50. The number of aliphatic hydroxyl groups excluding tert-OH is 1. The lowest BCUT2D eigenvalue weighted by atomic mass is 10.1. The first-order valence-electron chi connectivity index (χ1n) is 6.07. The maximum atomic E-state index is 11.8. The van der Waals surface area contributed by atoms with Gasteiger partial charge in [0.1, 0.15) is 12.3 Å². The third-order valence-electron chi connectivity index (χ3n) is 2.63. The Morgan fingerprint density at radius 1 is 1.44 bits per heavy atom. The van der Waals surface area contributed by atoms with E-state index in [2.05, 4.69) is 22.1 Å². The van der Waals surface area contributed by atoms with Gasteiger partial charge in [0.05, 0.1) is 0 Å². The van der Waals surface area contributed by atoms with Crippen LogP contribution in [0.3, 0.4) is 0 Å². The predicted molar refractivity (Wildman–Crippen MR) is 70.0 cm³/mol. The van der Waals surface area contributed by atoms with Crippen molar-refractivity contribution in [1.29, 1.82) is 0 Å². The van der Waals surface area contributed by atoms with Gasteiger partial charge in [0, 0.05) is 17.8 Å². The Hall–Kier alpha value is -1.86. The summed E-state index contributed by atoms with van der Waals surface area (Å²) < 4.78 is 0. The molecule has 0 aliphatic heterocycles. The lowest BCUT2D eigenvalue weighted by molar-refractivity contribution is 0.0930. The number of nitrogens with one attached hydrogen (secondary N) is 1. The van der Waals surface area contributed by atoms with Crippen molar-refractivity contribution in [1.82, 2.24) is 10.3 Å². The van der Waals surface area contributed by atoms with E-state index >= 15 is 0 Å². The number of hydrogen-bond acceptors (Lipinski definition) is 3. The molecule has 0 unspecified atom stereocenters. The van der Waals surface area contributed by atoms with Gasteiger partial charge in [0.15, 0.2) is 0 Å². The highest BCUT2D eigenvalue weighted by Crippen LogP contribution is 2.02. The molecule has 4 heteroatoms. The molecule has 0 bridgehead atoms. The summed E-state index contributed by atoms with van der Waals surface area (Å²) in [6.45, 7) is 3.89. The molecule has 1 aromatic rings. The maximum absolute atomic E-state index is 11.8. The van der Waals surface area contributed by atoms with Crippen molar-refractivity contribution >= 4 is 5.91 Å². The summed E-state index contributed by atoms with van der Waals surface area (Å²) >= 11 is 0. The van der Waals surface area contributed by atoms with Crippen LogP contribution in [0.1, 0.15) is 42.7 Å². The van der Waals surface area contributed by atoms with E-state index in [9.17, 15) is 4.79 Å². The van der Waals surface area contributed by atoms with Gasteiger partial charge in [0.25, 0.3) is 5.91 Å². The van der Waals surface area contributed by atoms with E-state index in [1.807, 2.05) is 13.8 Å². The lowest BCUT2D eigenvalue weighted by Gasteiger charge is -2.13. The second kappa shape index (κ2) is 7.46. The van der Waals surface area contributed by atoms with Crippen LogP contribution in [0.4, 0.5) is 0 Å². The number of carbonyl (C=O) groups excluding carboxylic acids is 1. The van der Waals surface area contributed by atoms with Crippen molar-refractivity contribution in [2.45, 2.75) is 32.7 Å². The van der Waals surface area contributed by atoms with E-state index in [0.717, 1.165) is 12.8 Å². The van der Waals surface area contributed by atoms with Crippen molar-refractivity contribution in [3.05, 3.63) is 29.6 Å². The van der Waals surface area contributed by atoms with Gasteiger partial charge in [-0.05, 0) is 25.0 Å². The number of aromatic nitrogens is 1. The molecule has 4 nitrogen and oxygen atoms in total. The van der Waals surface area contributed by atoms with Gasteiger partial charge in [-0.2, -0.15) is 0 Å². The zero-order valence-electron chi connectivity index (χ0n) is 10.7. The van der Waals surface area contributed by atoms with E-state index < -0.39 is 0 Å². The number of nitrogens with zero attached hydrogens (tertiary/aromatic N) is 1. The van der Waals surface area contributed by atoms with Crippen LogP contribution >= 0.6 is 0 Å². The molecule has 0 aliphatic carbocycles. The Morgan fingerprint density at radius 2 is 2.17 bits per heavy atom. The monoisotopic (exact) mass is 246 g/mol. The van der Waals surface area contributed by atoms with Crippen molar-refractivity contribution in [2.75, 3.05) is 6.61 Å². The summed E-state index contributed by atoms with van der Waals surface area (Å²) in [5.74, 6) is 5.10. The van der Waals surface area contributed by atoms with Gasteiger partial charge in [0.2, 0.25) is 0 Å². The Bertz CT molecular complexity index is 439. The van der Waals surface area contributed by atoms with E-state index in [4.69, 9.17) is 5.11 Å². The molecule has 0 aromatic carbocycles. The van der Waals surface area contributed by atoms with Gasteiger partial charge in [-0.1, -0.05) is 25.7 Å². The number of carbonyl (C=O) groups is 1. The van der Waals surface area contributed by atoms with Gasteiger partial charge in [-0.3, -0.25) is 4.79 Å². The minimum Gasteiger partial charge on any atom is -0.384 e. The average molecular weight is 246 g/mol. The SMILES string of the molecule is CCC(CC)NC(=O)c1ccc(C#CCO)cn1. The normalized spacial score (nSPS) is 9.78. The van der Waals surface area contributed by atoms with E-state index in [-0.39, 0.29) is 18.6 Å². The van der Waals surface area contributed by atoms with Crippen LogP contribution in [-0.4, -0.2) is 28.6 Å². The fraction of sp³-hybridized carbons (Fsp3) is 0.429. The average Bonchev–Trinajstić information content (AvgIpc) is 2.42. The highest BCUT2D eigenvalue weighted by Gasteiger charge is 2.11. The Labute approximate surface area is 107 Å². The molecular formula is C14H18N2O2. The molecule has 0 atom stereocenters. The van der Waals surface area contributed by atoms with Crippen LogP contribution in [0.15, 0.2) is 18.3 Å². The number of rotatable bonds is 4. The van der Waals surface area contributed by atoms with Crippen LogP contribution in [0.5, 0.6) is 0 Å². The molecular weight excluding hydrogens is 228 g/mol. The lowest BCUT2D eigenvalue weighted by Crippen LogP contribution is -2.34. The summed E-state index contributed by atoms with van der Waals surface area (Å²) in [7, 11) is 0. The number of aliphatic hydroxyl groups is 1. The number of hydrogen-bond donors (Lipinski definition) is 2. The Balaban J connectivity index is 2.70. The quantitative estimate of drug-likeness (QED) is 0.788. The fourth-order valence-electron chi connectivity index (χ4n) is 1.50. The van der Waals surface area contributed by atoms with Gasteiger partial charge >= 0.3 is 0 Å². The van der Waals surface area contributed by atoms with E-state index in [0.29, 0.717) is 11.3 Å². The molecule has 0 spiro atoms. The zero-order chi connectivity index (χ0) is 13.4. The maximum Gasteiger partial charge on any atom is 0.270 e. The standard InChI is InChI=1S/C14H18N2O2/c1-3-12(4-2)16-14(18)13-8-7-11(10-15-13)6-5-9-17/h7-8,10,12,17H,3-4,9H2,1-2H3,(H,16,18). The highest BCUT2D eigenvalue weighted by atomic mass is 16.2. The van der Waals surface area contributed by atoms with Crippen molar-refractivity contribution < 1.29 is 9.90 Å². The minimum atomic E-state index is -0.184. The predicted octanol–water partition coefficient (Wildman–Crippen LogP) is 1.34. The topological polar surface area (TPSA) is 62.2 Å². The first-order chi connectivity index (χ1) is 8.71. The molecule has 0 fully saturated rings. The molecule has 96 valence electrons. The van der Waals surface area contributed by atoms with Crippen LogP contribution < -0.4 is 5.32 Å². The largest absolute Gasteiger partial charge is 0.384 e.